The number of aromatic amines is 2. The Kier molecular flexibility index (Phi) is 6.81. The average Bonchev–Trinajstić information content (AvgIpc) is 3.92. The molecule has 49 heavy (non-hydrogen) atoms. The van der Waals surface area contributed by atoms with Crippen molar-refractivity contribution in [1.29, 1.82) is 0 Å². The van der Waals surface area contributed by atoms with Gasteiger partial charge in [-0.25, -0.2) is 19.6 Å². The molecule has 2 bridgehead atoms. The Morgan fingerprint density at radius 1 is 0.918 bits per heavy atom. The molecule has 6 aromatic rings. The maximum Gasteiger partial charge on any atom is 0.410 e. The fraction of sp³-hybridized carbons (Fsp3) is 0.368. The van der Waals surface area contributed by atoms with Crippen LogP contribution in [0, 0.1) is 5.92 Å². The lowest BCUT2D eigenvalue weighted by Crippen LogP contribution is -2.39. The number of aromatic nitrogens is 4. The maximum atomic E-state index is 12.9. The molecule has 4 atom stereocenters. The number of hydrogen-bond donors (Lipinski definition) is 3. The number of nitrogens with one attached hydrogen (secondary N) is 2. The number of piperidine rings is 1. The first kappa shape index (κ1) is 30.2. The fourth-order valence-electron chi connectivity index (χ4n) is 8.33. The summed E-state index contributed by atoms with van der Waals surface area (Å²) in [5, 5.41) is 12.3. The first-order chi connectivity index (χ1) is 23.6. The van der Waals surface area contributed by atoms with E-state index >= 15 is 0 Å². The van der Waals surface area contributed by atoms with E-state index in [9.17, 15) is 14.7 Å². The number of carboxylic acid groups (broad SMARTS) is 1. The molecular formula is C38H38N6O4S. The van der Waals surface area contributed by atoms with Crippen molar-refractivity contribution in [2.24, 2.45) is 5.92 Å². The van der Waals surface area contributed by atoms with Gasteiger partial charge in [-0.1, -0.05) is 30.3 Å². The number of likely N-dealkylation sites (tertiary alicyclic amines) is 2. The number of ether oxygens (including phenoxy) is 1. The third-order valence-electron chi connectivity index (χ3n) is 10.5. The SMILES string of the molecule is CC(C)(C)OC(=O)N1CCCC1c1ncc(-c2ccc3c(c2)sc2cc(-c4ccc5nc(C6C7CCC(C7)N6C(=O)O)[nH]c5c4)ccc23)[nH]1. The summed E-state index contributed by atoms with van der Waals surface area (Å²) in [7, 11) is 0. The van der Waals surface area contributed by atoms with E-state index in [0.29, 0.717) is 12.5 Å². The molecule has 2 aliphatic heterocycles. The van der Waals surface area contributed by atoms with Crippen molar-refractivity contribution in [3.63, 3.8) is 0 Å². The summed E-state index contributed by atoms with van der Waals surface area (Å²) in [6, 6.07) is 19.2. The van der Waals surface area contributed by atoms with Gasteiger partial charge < -0.3 is 19.8 Å². The van der Waals surface area contributed by atoms with Crippen LogP contribution in [0.5, 0.6) is 0 Å². The second-order valence-electron chi connectivity index (χ2n) is 14.8. The Labute approximate surface area is 287 Å². The Balaban J connectivity index is 0.983. The van der Waals surface area contributed by atoms with E-state index in [0.717, 1.165) is 77.2 Å². The molecule has 10 nitrogen and oxygen atoms in total. The van der Waals surface area contributed by atoms with E-state index in [4.69, 9.17) is 14.7 Å². The predicted molar refractivity (Wildman–Crippen MR) is 191 cm³/mol. The van der Waals surface area contributed by atoms with E-state index in [2.05, 4.69) is 58.5 Å². The number of thiophene rings is 1. The van der Waals surface area contributed by atoms with Gasteiger partial charge in [0.2, 0.25) is 0 Å². The number of rotatable bonds is 4. The highest BCUT2D eigenvalue weighted by Gasteiger charge is 2.50. The molecule has 11 heteroatoms. The summed E-state index contributed by atoms with van der Waals surface area (Å²) in [5.74, 6) is 1.87. The van der Waals surface area contributed by atoms with Crippen molar-refractivity contribution in [2.75, 3.05) is 6.54 Å². The van der Waals surface area contributed by atoms with Gasteiger partial charge in [0.05, 0.1) is 35.0 Å². The Morgan fingerprint density at radius 3 is 2.43 bits per heavy atom. The van der Waals surface area contributed by atoms with Crippen molar-refractivity contribution in [2.45, 2.75) is 76.6 Å². The molecule has 2 saturated heterocycles. The van der Waals surface area contributed by atoms with Gasteiger partial charge in [-0.3, -0.25) is 9.80 Å². The van der Waals surface area contributed by atoms with E-state index in [1.165, 1.54) is 20.2 Å². The standard InChI is InChI=1S/C38H38N6O4S/c1-38(2,3)48-37(47)43-14-4-5-30(43)34-39-19-29(42-34)22-8-12-26-25-11-7-21(17-31(25)49-32(26)18-22)20-9-13-27-28(16-20)41-35(40-27)33-23-6-10-24(15-23)44(33)36(45)46/h7-9,11-13,16-19,23-24,30,33H,4-6,10,14-15H2,1-3H3,(H,39,42)(H,40,41)(H,45,46). The molecule has 3 aromatic heterocycles. The van der Waals surface area contributed by atoms with E-state index < -0.39 is 11.7 Å². The highest BCUT2D eigenvalue weighted by atomic mass is 32.1. The van der Waals surface area contributed by atoms with Crippen molar-refractivity contribution in [1.82, 2.24) is 29.7 Å². The van der Waals surface area contributed by atoms with Crippen molar-refractivity contribution >= 4 is 54.7 Å². The normalized spacial score (nSPS) is 22.3. The molecule has 0 spiro atoms. The number of imidazole rings is 2. The van der Waals surface area contributed by atoms with Gasteiger partial charge in [0.1, 0.15) is 17.2 Å². The molecule has 4 unspecified atom stereocenters. The number of carbonyl (C=O) groups is 2. The van der Waals surface area contributed by atoms with Gasteiger partial charge in [-0.15, -0.1) is 11.3 Å². The second-order valence-corrected chi connectivity index (χ2v) is 15.8. The predicted octanol–water partition coefficient (Wildman–Crippen LogP) is 9.26. The van der Waals surface area contributed by atoms with Gasteiger partial charge >= 0.3 is 12.2 Å². The molecule has 0 radical (unpaired) electrons. The molecule has 1 saturated carbocycles. The van der Waals surface area contributed by atoms with Crippen molar-refractivity contribution < 1.29 is 19.4 Å². The molecule has 3 aliphatic rings. The monoisotopic (exact) mass is 674 g/mol. The van der Waals surface area contributed by atoms with E-state index in [1.807, 2.05) is 33.0 Å². The summed E-state index contributed by atoms with van der Waals surface area (Å²) in [5.41, 5.74) is 5.42. The molecule has 3 aromatic carbocycles. The number of carbonyl (C=O) groups excluding carboxylic acids is 1. The lowest BCUT2D eigenvalue weighted by molar-refractivity contribution is 0.0218. The minimum atomic E-state index is -0.855. The van der Waals surface area contributed by atoms with Crippen LogP contribution in [-0.4, -0.2) is 65.2 Å². The lowest BCUT2D eigenvalue weighted by atomic mass is 9.98. The van der Waals surface area contributed by atoms with Crippen LogP contribution in [-0.2, 0) is 4.74 Å². The molecule has 250 valence electrons. The van der Waals surface area contributed by atoms with Crippen LogP contribution in [0.3, 0.4) is 0 Å². The van der Waals surface area contributed by atoms with E-state index in [1.54, 1.807) is 21.1 Å². The van der Waals surface area contributed by atoms with Gasteiger partial charge in [-0.05, 0) is 94.2 Å². The Hall–Kier alpha value is -4.90. The van der Waals surface area contributed by atoms with Crippen LogP contribution in [0.2, 0.25) is 0 Å². The summed E-state index contributed by atoms with van der Waals surface area (Å²) in [6.07, 6.45) is 5.40. The Morgan fingerprint density at radius 2 is 1.65 bits per heavy atom. The number of fused-ring (bicyclic) bond motifs is 6. The fourth-order valence-corrected chi connectivity index (χ4v) is 9.52. The molecule has 9 rings (SSSR count). The molecular weight excluding hydrogens is 637 g/mol. The molecule has 5 heterocycles. The topological polar surface area (TPSA) is 127 Å². The van der Waals surface area contributed by atoms with Crippen LogP contribution in [0.4, 0.5) is 9.59 Å². The number of nitrogens with zero attached hydrogens (tertiary/aromatic N) is 4. The number of benzene rings is 3. The van der Waals surface area contributed by atoms with Gasteiger partial charge in [0, 0.05) is 38.3 Å². The zero-order valence-electron chi connectivity index (χ0n) is 27.7. The minimum Gasteiger partial charge on any atom is -0.465 e. The van der Waals surface area contributed by atoms with Crippen molar-refractivity contribution in [3.8, 4) is 22.4 Å². The first-order valence-electron chi connectivity index (χ1n) is 17.1. The number of hydrogen-bond acceptors (Lipinski definition) is 6. The second kappa shape index (κ2) is 11.1. The molecule has 3 N–H and O–H groups in total. The highest BCUT2D eigenvalue weighted by molar-refractivity contribution is 7.25. The maximum absolute atomic E-state index is 12.9. The van der Waals surface area contributed by atoms with Crippen LogP contribution < -0.4 is 0 Å². The van der Waals surface area contributed by atoms with Gasteiger partial charge in [0.15, 0.2) is 0 Å². The molecule has 2 amide bonds. The van der Waals surface area contributed by atoms with Crippen LogP contribution in [0.15, 0.2) is 60.8 Å². The highest BCUT2D eigenvalue weighted by Crippen LogP contribution is 2.50. The Bertz CT molecular complexity index is 2280. The summed E-state index contributed by atoms with van der Waals surface area (Å²) >= 11 is 1.77. The number of H-pyrrole nitrogens is 2. The van der Waals surface area contributed by atoms with Gasteiger partial charge in [0.25, 0.3) is 0 Å². The lowest BCUT2D eigenvalue weighted by Gasteiger charge is -2.31. The third kappa shape index (κ3) is 5.13. The summed E-state index contributed by atoms with van der Waals surface area (Å²) < 4.78 is 8.06. The smallest absolute Gasteiger partial charge is 0.410 e. The largest absolute Gasteiger partial charge is 0.465 e. The summed E-state index contributed by atoms with van der Waals surface area (Å²) in [6.45, 7) is 6.33. The average molecular weight is 675 g/mol. The zero-order valence-corrected chi connectivity index (χ0v) is 28.5. The van der Waals surface area contributed by atoms with Crippen LogP contribution in [0.25, 0.3) is 53.6 Å². The summed E-state index contributed by atoms with van der Waals surface area (Å²) in [4.78, 5) is 44.9. The van der Waals surface area contributed by atoms with Gasteiger partial charge in [-0.2, -0.15) is 0 Å². The minimum absolute atomic E-state index is 0.103. The van der Waals surface area contributed by atoms with Crippen LogP contribution in [0.1, 0.15) is 76.6 Å². The van der Waals surface area contributed by atoms with Crippen LogP contribution >= 0.6 is 11.3 Å². The number of amides is 2. The molecule has 1 aliphatic carbocycles. The quantitative estimate of drug-likeness (QED) is 0.171. The first-order valence-corrected chi connectivity index (χ1v) is 17.9. The zero-order chi connectivity index (χ0) is 33.6. The third-order valence-corrected chi connectivity index (χ3v) is 11.6. The van der Waals surface area contributed by atoms with Crippen molar-refractivity contribution in [3.05, 3.63) is 72.4 Å². The molecule has 3 fully saturated rings. The van der Waals surface area contributed by atoms with E-state index in [-0.39, 0.29) is 24.2 Å².